The maximum atomic E-state index is 13.3. The lowest BCUT2D eigenvalue weighted by Crippen LogP contribution is -2.11. The summed E-state index contributed by atoms with van der Waals surface area (Å²) in [5.74, 6) is -0.580. The standard InChI is InChI=1S/C14H15FN2O/c1-3-6-17-13(4-5-16-17)14(18)11-7-10(2)8-12(15)9-11/h4-5,7-9H,3,6H2,1-2H3. The van der Waals surface area contributed by atoms with Crippen LogP contribution < -0.4 is 0 Å². The topological polar surface area (TPSA) is 34.9 Å². The number of aromatic nitrogens is 2. The molecule has 0 saturated heterocycles. The monoisotopic (exact) mass is 246 g/mol. The normalized spacial score (nSPS) is 10.6. The average molecular weight is 246 g/mol. The minimum atomic E-state index is -0.389. The molecule has 94 valence electrons. The van der Waals surface area contributed by atoms with Gasteiger partial charge in [0.2, 0.25) is 5.78 Å². The molecule has 2 rings (SSSR count). The molecule has 0 atom stereocenters. The summed E-state index contributed by atoms with van der Waals surface area (Å²) < 4.78 is 15.0. The van der Waals surface area contributed by atoms with Crippen molar-refractivity contribution in [3.8, 4) is 0 Å². The van der Waals surface area contributed by atoms with Crippen LogP contribution in [0, 0.1) is 12.7 Å². The fourth-order valence-corrected chi connectivity index (χ4v) is 1.93. The van der Waals surface area contributed by atoms with Gasteiger partial charge in [-0.25, -0.2) is 4.39 Å². The van der Waals surface area contributed by atoms with Gasteiger partial charge in [0.15, 0.2) is 0 Å². The molecule has 0 amide bonds. The van der Waals surface area contributed by atoms with Crippen molar-refractivity contribution in [2.45, 2.75) is 26.8 Å². The fourth-order valence-electron chi connectivity index (χ4n) is 1.93. The van der Waals surface area contributed by atoms with Crippen LogP contribution in [0.3, 0.4) is 0 Å². The summed E-state index contributed by atoms with van der Waals surface area (Å²) in [7, 11) is 0. The van der Waals surface area contributed by atoms with Crippen molar-refractivity contribution < 1.29 is 9.18 Å². The second-order valence-electron chi connectivity index (χ2n) is 4.29. The van der Waals surface area contributed by atoms with Gasteiger partial charge < -0.3 is 0 Å². The second kappa shape index (κ2) is 5.12. The Balaban J connectivity index is 2.38. The molecule has 4 heteroatoms. The first kappa shape index (κ1) is 12.5. The van der Waals surface area contributed by atoms with Crippen LogP contribution in [0.4, 0.5) is 4.39 Å². The third-order valence-corrected chi connectivity index (χ3v) is 2.69. The van der Waals surface area contributed by atoms with Gasteiger partial charge in [0.05, 0.1) is 0 Å². The van der Waals surface area contributed by atoms with Gasteiger partial charge in [0.1, 0.15) is 11.5 Å². The van der Waals surface area contributed by atoms with Crippen molar-refractivity contribution >= 4 is 5.78 Å². The highest BCUT2D eigenvalue weighted by Gasteiger charge is 2.15. The summed E-state index contributed by atoms with van der Waals surface area (Å²) >= 11 is 0. The first-order valence-electron chi connectivity index (χ1n) is 5.95. The fraction of sp³-hybridized carbons (Fsp3) is 0.286. The molecule has 0 unspecified atom stereocenters. The van der Waals surface area contributed by atoms with E-state index in [2.05, 4.69) is 5.10 Å². The zero-order valence-electron chi connectivity index (χ0n) is 10.5. The summed E-state index contributed by atoms with van der Waals surface area (Å²) in [4.78, 5) is 12.3. The zero-order chi connectivity index (χ0) is 13.1. The molecule has 3 nitrogen and oxygen atoms in total. The molecule has 0 bridgehead atoms. The van der Waals surface area contributed by atoms with E-state index in [1.807, 2.05) is 6.92 Å². The Morgan fingerprint density at radius 1 is 1.39 bits per heavy atom. The van der Waals surface area contributed by atoms with E-state index in [4.69, 9.17) is 0 Å². The lowest BCUT2D eigenvalue weighted by Gasteiger charge is -2.06. The van der Waals surface area contributed by atoms with Crippen LogP contribution in [0.1, 0.15) is 35.0 Å². The Kier molecular flexibility index (Phi) is 3.55. The van der Waals surface area contributed by atoms with Crippen LogP contribution in [0.15, 0.2) is 30.5 Å². The molecule has 0 spiro atoms. The van der Waals surface area contributed by atoms with Gasteiger partial charge in [0.25, 0.3) is 0 Å². The van der Waals surface area contributed by atoms with Gasteiger partial charge in [-0.3, -0.25) is 9.48 Å². The highest BCUT2D eigenvalue weighted by molar-refractivity contribution is 6.07. The number of ketones is 1. The van der Waals surface area contributed by atoms with Crippen LogP contribution in [-0.4, -0.2) is 15.6 Å². The Hall–Kier alpha value is -1.97. The second-order valence-corrected chi connectivity index (χ2v) is 4.29. The molecule has 0 aliphatic rings. The van der Waals surface area contributed by atoms with E-state index in [0.717, 1.165) is 12.0 Å². The third-order valence-electron chi connectivity index (χ3n) is 2.69. The molecular formula is C14H15FN2O. The van der Waals surface area contributed by atoms with Gasteiger partial charge in [0, 0.05) is 18.3 Å². The number of benzene rings is 1. The smallest absolute Gasteiger partial charge is 0.211 e. The van der Waals surface area contributed by atoms with E-state index >= 15 is 0 Å². The van der Waals surface area contributed by atoms with Crippen LogP contribution in [0.25, 0.3) is 0 Å². The van der Waals surface area contributed by atoms with Gasteiger partial charge in [-0.15, -0.1) is 0 Å². The van der Waals surface area contributed by atoms with Crippen LogP contribution >= 0.6 is 0 Å². The van der Waals surface area contributed by atoms with E-state index < -0.39 is 0 Å². The molecule has 0 aliphatic heterocycles. The Bertz CT molecular complexity index is 555. The largest absolute Gasteiger partial charge is 0.287 e. The SMILES string of the molecule is CCCn1nccc1C(=O)c1cc(C)cc(F)c1. The highest BCUT2D eigenvalue weighted by atomic mass is 19.1. The molecule has 0 radical (unpaired) electrons. The van der Waals surface area contributed by atoms with Crippen molar-refractivity contribution in [3.63, 3.8) is 0 Å². The number of halogens is 1. The Morgan fingerprint density at radius 3 is 2.83 bits per heavy atom. The third kappa shape index (κ3) is 2.47. The summed E-state index contributed by atoms with van der Waals surface area (Å²) in [6.07, 6.45) is 2.49. The number of hydrogen-bond donors (Lipinski definition) is 0. The summed E-state index contributed by atoms with van der Waals surface area (Å²) in [6.45, 7) is 4.47. The molecular weight excluding hydrogens is 231 g/mol. The van der Waals surface area contributed by atoms with Crippen LogP contribution in [0.5, 0.6) is 0 Å². The highest BCUT2D eigenvalue weighted by Crippen LogP contribution is 2.14. The molecule has 1 aromatic heterocycles. The predicted molar refractivity (Wildman–Crippen MR) is 67.1 cm³/mol. The Morgan fingerprint density at radius 2 is 2.17 bits per heavy atom. The van der Waals surface area contributed by atoms with Crippen molar-refractivity contribution in [1.29, 1.82) is 0 Å². The van der Waals surface area contributed by atoms with Crippen LogP contribution in [-0.2, 0) is 6.54 Å². The molecule has 2 aromatic rings. The lowest BCUT2D eigenvalue weighted by atomic mass is 10.1. The maximum absolute atomic E-state index is 13.3. The van der Waals surface area contributed by atoms with E-state index in [1.165, 1.54) is 12.1 Å². The van der Waals surface area contributed by atoms with Crippen molar-refractivity contribution in [1.82, 2.24) is 9.78 Å². The molecule has 0 saturated carbocycles. The number of hydrogen-bond acceptors (Lipinski definition) is 2. The summed E-state index contributed by atoms with van der Waals surface area (Å²) in [5.41, 5.74) is 1.60. The number of carbonyl (C=O) groups excluding carboxylic acids is 1. The number of carbonyl (C=O) groups is 1. The quantitative estimate of drug-likeness (QED) is 0.777. The van der Waals surface area contributed by atoms with E-state index in [0.29, 0.717) is 17.8 Å². The Labute approximate surface area is 105 Å². The number of aryl methyl sites for hydroxylation is 2. The number of nitrogens with zero attached hydrogens (tertiary/aromatic N) is 2. The van der Waals surface area contributed by atoms with Crippen molar-refractivity contribution in [2.75, 3.05) is 0 Å². The van der Waals surface area contributed by atoms with Crippen LogP contribution in [0.2, 0.25) is 0 Å². The summed E-state index contributed by atoms with van der Waals surface area (Å²) in [5, 5.41) is 4.10. The minimum absolute atomic E-state index is 0.191. The first-order valence-corrected chi connectivity index (χ1v) is 5.95. The molecule has 0 fully saturated rings. The maximum Gasteiger partial charge on any atom is 0.211 e. The minimum Gasteiger partial charge on any atom is -0.287 e. The molecule has 18 heavy (non-hydrogen) atoms. The molecule has 0 N–H and O–H groups in total. The predicted octanol–water partition coefficient (Wildman–Crippen LogP) is 2.97. The molecule has 0 aliphatic carbocycles. The van der Waals surface area contributed by atoms with Gasteiger partial charge in [-0.2, -0.15) is 5.10 Å². The summed E-state index contributed by atoms with van der Waals surface area (Å²) in [6, 6.07) is 6.02. The number of rotatable bonds is 4. The van der Waals surface area contributed by atoms with Crippen molar-refractivity contribution in [3.05, 3.63) is 53.1 Å². The van der Waals surface area contributed by atoms with Gasteiger partial charge in [-0.05, 0) is 43.2 Å². The van der Waals surface area contributed by atoms with E-state index in [9.17, 15) is 9.18 Å². The zero-order valence-corrected chi connectivity index (χ0v) is 10.5. The van der Waals surface area contributed by atoms with E-state index in [1.54, 1.807) is 29.9 Å². The lowest BCUT2D eigenvalue weighted by molar-refractivity contribution is 0.102. The van der Waals surface area contributed by atoms with Gasteiger partial charge in [-0.1, -0.05) is 6.92 Å². The molecule has 1 heterocycles. The first-order chi connectivity index (χ1) is 8.61. The average Bonchev–Trinajstić information content (AvgIpc) is 2.75. The van der Waals surface area contributed by atoms with Gasteiger partial charge >= 0.3 is 0 Å². The van der Waals surface area contributed by atoms with Crippen molar-refractivity contribution in [2.24, 2.45) is 0 Å². The molecule has 1 aromatic carbocycles. The van der Waals surface area contributed by atoms with E-state index in [-0.39, 0.29) is 11.6 Å².